The van der Waals surface area contributed by atoms with Gasteiger partial charge in [-0.05, 0) is 50.6 Å². The minimum atomic E-state index is -3.66. The van der Waals surface area contributed by atoms with Crippen molar-refractivity contribution in [3.8, 4) is 0 Å². The lowest BCUT2D eigenvalue weighted by molar-refractivity contribution is 0.597. The van der Waals surface area contributed by atoms with Crippen LogP contribution in [-0.2, 0) is 23.0 Å². The van der Waals surface area contributed by atoms with Gasteiger partial charge in [0.2, 0.25) is 10.0 Å². The van der Waals surface area contributed by atoms with Gasteiger partial charge >= 0.3 is 0 Å². The van der Waals surface area contributed by atoms with Crippen LogP contribution in [0.3, 0.4) is 0 Å². The number of guanidine groups is 1. The maximum Gasteiger partial charge on any atom is 0.238 e. The Hall–Kier alpha value is -1.90. The molecule has 2 rings (SSSR count). The normalized spacial score (nSPS) is 13.5. The van der Waals surface area contributed by atoms with Crippen LogP contribution in [0.5, 0.6) is 0 Å². The Kier molecular flexibility index (Phi) is 7.19. The molecule has 26 heavy (non-hydrogen) atoms. The first kappa shape index (κ1) is 20.4. The van der Waals surface area contributed by atoms with E-state index in [1.807, 2.05) is 18.3 Å². The average molecular weight is 395 g/mol. The molecule has 1 aromatic carbocycles. The molecule has 142 valence electrons. The number of primary sulfonamides is 1. The van der Waals surface area contributed by atoms with E-state index in [4.69, 9.17) is 5.14 Å². The Morgan fingerprint density at radius 3 is 2.46 bits per heavy atom. The lowest BCUT2D eigenvalue weighted by Gasteiger charge is -2.17. The van der Waals surface area contributed by atoms with Gasteiger partial charge < -0.3 is 10.6 Å². The van der Waals surface area contributed by atoms with Crippen LogP contribution in [0.1, 0.15) is 29.2 Å². The first-order chi connectivity index (χ1) is 12.3. The van der Waals surface area contributed by atoms with Crippen molar-refractivity contribution in [3.05, 3.63) is 51.7 Å². The molecule has 6 nitrogen and oxygen atoms in total. The van der Waals surface area contributed by atoms with E-state index in [9.17, 15) is 8.42 Å². The largest absolute Gasteiger partial charge is 0.357 e. The van der Waals surface area contributed by atoms with Gasteiger partial charge in [0.1, 0.15) is 0 Å². The summed E-state index contributed by atoms with van der Waals surface area (Å²) >= 11 is 1.81. The maximum absolute atomic E-state index is 11.3. The van der Waals surface area contributed by atoms with E-state index in [2.05, 4.69) is 41.6 Å². The van der Waals surface area contributed by atoms with Gasteiger partial charge in [0.15, 0.2) is 5.96 Å². The summed E-state index contributed by atoms with van der Waals surface area (Å²) < 4.78 is 22.6. The molecule has 0 saturated heterocycles. The highest BCUT2D eigenvalue weighted by molar-refractivity contribution is 7.89. The van der Waals surface area contributed by atoms with E-state index < -0.39 is 10.0 Å². The number of nitrogens with one attached hydrogen (secondary N) is 2. The fourth-order valence-electron chi connectivity index (χ4n) is 2.46. The van der Waals surface area contributed by atoms with E-state index >= 15 is 0 Å². The molecule has 0 aliphatic carbocycles. The molecule has 0 fully saturated rings. The molecule has 4 N–H and O–H groups in total. The van der Waals surface area contributed by atoms with Crippen LogP contribution >= 0.6 is 11.3 Å². The third kappa shape index (κ3) is 6.44. The Morgan fingerprint density at radius 2 is 1.92 bits per heavy atom. The quantitative estimate of drug-likeness (QED) is 0.496. The predicted molar refractivity (Wildman–Crippen MR) is 108 cm³/mol. The Bertz CT molecular complexity index is 842. The molecule has 2 aromatic rings. The second-order valence-electron chi connectivity index (χ2n) is 6.15. The van der Waals surface area contributed by atoms with Crippen molar-refractivity contribution in [1.82, 2.24) is 10.6 Å². The van der Waals surface area contributed by atoms with Crippen LogP contribution in [0.25, 0.3) is 0 Å². The molecule has 0 aliphatic rings. The maximum atomic E-state index is 11.3. The fourth-order valence-corrected chi connectivity index (χ4v) is 3.99. The number of thiophene rings is 1. The van der Waals surface area contributed by atoms with Crippen molar-refractivity contribution in [3.63, 3.8) is 0 Å². The van der Waals surface area contributed by atoms with Gasteiger partial charge in [-0.25, -0.2) is 18.5 Å². The zero-order chi connectivity index (χ0) is 19.2. The fraction of sp³-hybridized carbons (Fsp3) is 0.389. The molecular weight excluding hydrogens is 368 g/mol. The molecule has 1 unspecified atom stereocenters. The van der Waals surface area contributed by atoms with Gasteiger partial charge in [-0.2, -0.15) is 0 Å². The number of benzene rings is 1. The van der Waals surface area contributed by atoms with Gasteiger partial charge in [0, 0.05) is 28.8 Å². The summed E-state index contributed by atoms with van der Waals surface area (Å²) in [5.74, 6) is 0.740. The minimum Gasteiger partial charge on any atom is -0.357 e. The highest BCUT2D eigenvalue weighted by Crippen LogP contribution is 2.16. The monoisotopic (exact) mass is 394 g/mol. The predicted octanol–water partition coefficient (Wildman–Crippen LogP) is 2.39. The van der Waals surface area contributed by atoms with Crippen LogP contribution < -0.4 is 15.8 Å². The number of aliphatic imine (C=N–C) groups is 1. The summed E-state index contributed by atoms with van der Waals surface area (Å²) in [7, 11) is -3.66. The first-order valence-electron chi connectivity index (χ1n) is 8.50. The van der Waals surface area contributed by atoms with Gasteiger partial charge in [0.05, 0.1) is 11.4 Å². The third-order valence-corrected chi connectivity index (χ3v) is 5.65. The van der Waals surface area contributed by atoms with Crippen LogP contribution in [0.15, 0.2) is 46.3 Å². The van der Waals surface area contributed by atoms with Crippen LogP contribution in [0.2, 0.25) is 0 Å². The van der Waals surface area contributed by atoms with Crippen molar-refractivity contribution < 1.29 is 8.42 Å². The zero-order valence-electron chi connectivity index (χ0n) is 15.3. The van der Waals surface area contributed by atoms with Gasteiger partial charge in [-0.3, -0.25) is 0 Å². The zero-order valence-corrected chi connectivity index (χ0v) is 17.0. The second-order valence-corrected chi connectivity index (χ2v) is 9.08. The number of hydrogen-bond donors (Lipinski definition) is 3. The van der Waals surface area contributed by atoms with E-state index in [1.165, 1.54) is 21.9 Å². The number of nitrogens with two attached hydrogens (primary N) is 1. The highest BCUT2D eigenvalue weighted by Gasteiger charge is 2.09. The van der Waals surface area contributed by atoms with Crippen molar-refractivity contribution in [2.75, 3.05) is 6.54 Å². The summed E-state index contributed by atoms with van der Waals surface area (Å²) in [4.78, 5) is 7.35. The van der Waals surface area contributed by atoms with Crippen molar-refractivity contribution in [1.29, 1.82) is 0 Å². The third-order valence-electron chi connectivity index (χ3n) is 3.70. The summed E-state index contributed by atoms with van der Waals surface area (Å²) in [5, 5.41) is 11.8. The summed E-state index contributed by atoms with van der Waals surface area (Å²) in [6.07, 6.45) is 0.936. The molecule has 0 spiro atoms. The number of nitrogens with zero attached hydrogens (tertiary/aromatic N) is 1. The number of hydrogen-bond acceptors (Lipinski definition) is 4. The molecule has 1 atom stereocenters. The number of rotatable bonds is 7. The molecule has 0 bridgehead atoms. The lowest BCUT2D eigenvalue weighted by atomic mass is 10.2. The van der Waals surface area contributed by atoms with E-state index in [0.717, 1.165) is 24.5 Å². The molecule has 0 saturated carbocycles. The van der Waals surface area contributed by atoms with Crippen LogP contribution in [-0.4, -0.2) is 27.0 Å². The van der Waals surface area contributed by atoms with Crippen molar-refractivity contribution >= 4 is 27.3 Å². The Labute approximate surface area is 159 Å². The summed E-state index contributed by atoms with van der Waals surface area (Å²) in [6.45, 7) is 7.47. The molecule has 0 radical (unpaired) electrons. The van der Waals surface area contributed by atoms with Crippen molar-refractivity contribution in [2.24, 2.45) is 10.1 Å². The molecule has 1 aromatic heterocycles. The number of aryl methyl sites for hydroxylation is 1. The SMILES string of the molecule is CCNC(=NCc1ccc(S(N)(=O)=O)cc1)NC(C)Cc1ccc(C)s1. The molecular formula is C18H26N4O2S2. The summed E-state index contributed by atoms with van der Waals surface area (Å²) in [6, 6.07) is 11.0. The molecule has 1 heterocycles. The minimum absolute atomic E-state index is 0.107. The average Bonchev–Trinajstić information content (AvgIpc) is 2.97. The lowest BCUT2D eigenvalue weighted by Crippen LogP contribution is -2.43. The van der Waals surface area contributed by atoms with Gasteiger partial charge in [-0.15, -0.1) is 11.3 Å². The van der Waals surface area contributed by atoms with E-state index in [0.29, 0.717) is 6.54 Å². The van der Waals surface area contributed by atoms with E-state index in [-0.39, 0.29) is 10.9 Å². The Balaban J connectivity index is 1.99. The van der Waals surface area contributed by atoms with E-state index in [1.54, 1.807) is 12.1 Å². The summed E-state index contributed by atoms with van der Waals surface area (Å²) in [5.41, 5.74) is 0.913. The van der Waals surface area contributed by atoms with Gasteiger partial charge in [-0.1, -0.05) is 12.1 Å². The second kappa shape index (κ2) is 9.16. The molecule has 0 amide bonds. The standard InChI is InChI=1S/C18H26N4O2S2/c1-4-20-18(22-13(2)11-16-8-5-14(3)25-16)21-12-15-6-9-17(10-7-15)26(19,23)24/h5-10,13H,4,11-12H2,1-3H3,(H2,19,23,24)(H2,20,21,22). The first-order valence-corrected chi connectivity index (χ1v) is 10.9. The smallest absolute Gasteiger partial charge is 0.238 e. The Morgan fingerprint density at radius 1 is 1.23 bits per heavy atom. The number of sulfonamides is 1. The van der Waals surface area contributed by atoms with Crippen LogP contribution in [0.4, 0.5) is 0 Å². The highest BCUT2D eigenvalue weighted by atomic mass is 32.2. The molecule has 8 heteroatoms. The topological polar surface area (TPSA) is 96.6 Å². The van der Waals surface area contributed by atoms with Crippen LogP contribution in [0, 0.1) is 6.92 Å². The van der Waals surface area contributed by atoms with Gasteiger partial charge in [0.25, 0.3) is 0 Å². The van der Waals surface area contributed by atoms with Crippen molar-refractivity contribution in [2.45, 2.75) is 44.7 Å². The molecule has 0 aliphatic heterocycles.